The number of sulfonamides is 1. The molecule has 3 amide bonds. The average molecular weight is 472 g/mol. The van der Waals surface area contributed by atoms with Crippen LogP contribution in [-0.2, 0) is 19.6 Å². The first-order valence-electron chi connectivity index (χ1n) is 10.2. The zero-order valence-electron chi connectivity index (χ0n) is 17.4. The van der Waals surface area contributed by atoms with Crippen LogP contribution in [0, 0.1) is 10.1 Å². The predicted molar refractivity (Wildman–Crippen MR) is 116 cm³/mol. The molecule has 11 nitrogen and oxygen atoms in total. The molecular weight excluding hydrogens is 452 g/mol. The Morgan fingerprint density at radius 2 is 1.39 bits per heavy atom. The molecule has 172 valence electrons. The summed E-state index contributed by atoms with van der Waals surface area (Å²) < 4.78 is 26.9. The fourth-order valence-electron chi connectivity index (χ4n) is 3.82. The monoisotopic (exact) mass is 472 g/mol. The molecule has 2 heterocycles. The first-order chi connectivity index (χ1) is 15.7. The van der Waals surface area contributed by atoms with Gasteiger partial charge in [-0.05, 0) is 36.4 Å². The lowest BCUT2D eigenvalue weighted by molar-refractivity contribution is -0.384. The highest BCUT2D eigenvalue weighted by Gasteiger charge is 2.32. The van der Waals surface area contributed by atoms with E-state index in [1.165, 1.54) is 33.5 Å². The van der Waals surface area contributed by atoms with Gasteiger partial charge in [-0.2, -0.15) is 4.31 Å². The summed E-state index contributed by atoms with van der Waals surface area (Å²) in [5.41, 5.74) is 0.580. The van der Waals surface area contributed by atoms with Gasteiger partial charge in [0.1, 0.15) is 0 Å². The van der Waals surface area contributed by atoms with E-state index in [0.29, 0.717) is 11.3 Å². The number of hydrogen-bond acceptors (Lipinski definition) is 7. The molecule has 2 fully saturated rings. The van der Waals surface area contributed by atoms with E-state index in [0.717, 1.165) is 17.0 Å². The van der Waals surface area contributed by atoms with Crippen molar-refractivity contribution in [2.24, 2.45) is 0 Å². The van der Waals surface area contributed by atoms with Crippen molar-refractivity contribution in [1.29, 1.82) is 0 Å². The van der Waals surface area contributed by atoms with Crippen LogP contribution in [0.3, 0.4) is 0 Å². The number of rotatable bonds is 5. The Kier molecular flexibility index (Phi) is 5.95. The number of nitro groups is 1. The summed E-state index contributed by atoms with van der Waals surface area (Å²) in [6.45, 7) is 0.519. The summed E-state index contributed by atoms with van der Waals surface area (Å²) >= 11 is 0. The van der Waals surface area contributed by atoms with Gasteiger partial charge in [0.2, 0.25) is 21.8 Å². The number of nitro benzene ring substituents is 1. The third-order valence-corrected chi connectivity index (χ3v) is 7.55. The highest BCUT2D eigenvalue weighted by molar-refractivity contribution is 7.89. The smallest absolute Gasteiger partial charge is 0.269 e. The zero-order valence-corrected chi connectivity index (χ0v) is 18.2. The van der Waals surface area contributed by atoms with Gasteiger partial charge in [0, 0.05) is 56.7 Å². The number of benzene rings is 2. The SMILES string of the molecule is O=C(c1ccc(N2C(=O)CCC2=O)cc1)N1CCN(S(=O)(=O)c2ccc([N+](=O)[O-])cc2)CC1. The van der Waals surface area contributed by atoms with Crippen molar-refractivity contribution in [3.8, 4) is 0 Å². The summed E-state index contributed by atoms with van der Waals surface area (Å²) in [5.74, 6) is -0.832. The maximum Gasteiger partial charge on any atom is 0.269 e. The second-order valence-corrected chi connectivity index (χ2v) is 9.55. The Balaban J connectivity index is 1.40. The largest absolute Gasteiger partial charge is 0.336 e. The van der Waals surface area contributed by atoms with E-state index in [4.69, 9.17) is 0 Å². The van der Waals surface area contributed by atoms with E-state index in [1.807, 2.05) is 0 Å². The predicted octanol–water partition coefficient (Wildman–Crippen LogP) is 1.39. The van der Waals surface area contributed by atoms with Crippen LogP contribution in [0.4, 0.5) is 11.4 Å². The van der Waals surface area contributed by atoms with E-state index in [1.54, 1.807) is 12.1 Å². The van der Waals surface area contributed by atoms with Crippen LogP contribution in [0.1, 0.15) is 23.2 Å². The van der Waals surface area contributed by atoms with E-state index in [9.17, 15) is 32.9 Å². The molecule has 0 atom stereocenters. The van der Waals surface area contributed by atoms with Gasteiger partial charge < -0.3 is 4.90 Å². The van der Waals surface area contributed by atoms with Crippen LogP contribution in [0.15, 0.2) is 53.4 Å². The number of non-ortho nitro benzene ring substituents is 1. The van der Waals surface area contributed by atoms with E-state index in [-0.39, 0.29) is 67.3 Å². The first-order valence-corrected chi connectivity index (χ1v) is 11.6. The Morgan fingerprint density at radius 1 is 0.848 bits per heavy atom. The molecule has 2 aromatic carbocycles. The molecule has 2 saturated heterocycles. The van der Waals surface area contributed by atoms with Crippen LogP contribution < -0.4 is 4.90 Å². The number of anilines is 1. The van der Waals surface area contributed by atoms with Gasteiger partial charge in [-0.3, -0.25) is 29.4 Å². The Morgan fingerprint density at radius 3 is 1.91 bits per heavy atom. The third-order valence-electron chi connectivity index (χ3n) is 5.64. The number of nitrogens with zero attached hydrogens (tertiary/aromatic N) is 4. The molecule has 0 radical (unpaired) electrons. The summed E-state index contributed by atoms with van der Waals surface area (Å²) in [6.07, 6.45) is 0.346. The van der Waals surface area contributed by atoms with E-state index < -0.39 is 14.9 Å². The van der Waals surface area contributed by atoms with Gasteiger partial charge in [0.25, 0.3) is 11.6 Å². The molecule has 0 aliphatic carbocycles. The number of imide groups is 1. The van der Waals surface area contributed by atoms with E-state index >= 15 is 0 Å². The van der Waals surface area contributed by atoms with Crippen LogP contribution in [-0.4, -0.2) is 66.4 Å². The lowest BCUT2D eigenvalue weighted by Crippen LogP contribution is -2.50. The maximum absolute atomic E-state index is 12.8. The van der Waals surface area contributed by atoms with Crippen molar-refractivity contribution in [1.82, 2.24) is 9.21 Å². The second-order valence-electron chi connectivity index (χ2n) is 7.62. The molecular formula is C21H20N4O7S. The van der Waals surface area contributed by atoms with Crippen molar-refractivity contribution >= 4 is 39.1 Å². The molecule has 0 saturated carbocycles. The third kappa shape index (κ3) is 4.34. The number of piperazine rings is 1. The first kappa shape index (κ1) is 22.6. The molecule has 0 aromatic heterocycles. The minimum absolute atomic E-state index is 0.0468. The number of carbonyl (C=O) groups excluding carboxylic acids is 3. The van der Waals surface area contributed by atoms with Gasteiger partial charge in [-0.25, -0.2) is 8.42 Å². The lowest BCUT2D eigenvalue weighted by atomic mass is 10.1. The molecule has 0 unspecified atom stereocenters. The molecule has 2 aliphatic rings. The fraction of sp³-hybridized carbons (Fsp3) is 0.286. The Labute approximate surface area is 189 Å². The lowest BCUT2D eigenvalue weighted by Gasteiger charge is -2.34. The highest BCUT2D eigenvalue weighted by atomic mass is 32.2. The molecule has 2 aromatic rings. The van der Waals surface area contributed by atoms with Crippen molar-refractivity contribution in [2.45, 2.75) is 17.7 Å². The van der Waals surface area contributed by atoms with Crippen LogP contribution >= 0.6 is 0 Å². The molecule has 2 aliphatic heterocycles. The van der Waals surface area contributed by atoms with E-state index in [2.05, 4.69) is 0 Å². The standard InChI is InChI=1S/C21H20N4O7S/c26-19-9-10-20(27)24(19)16-3-1-15(2-4-16)21(28)22-11-13-23(14-12-22)33(31,32)18-7-5-17(6-8-18)25(29)30/h1-8H,9-14H2. The van der Waals surface area contributed by atoms with Crippen LogP contribution in [0.2, 0.25) is 0 Å². The Hall–Kier alpha value is -3.64. The van der Waals surface area contributed by atoms with Crippen molar-refractivity contribution in [3.63, 3.8) is 0 Å². The number of hydrogen-bond donors (Lipinski definition) is 0. The maximum atomic E-state index is 12.8. The Bertz CT molecular complexity index is 1200. The minimum Gasteiger partial charge on any atom is -0.336 e. The van der Waals surface area contributed by atoms with Gasteiger partial charge in [-0.1, -0.05) is 0 Å². The second kappa shape index (κ2) is 8.71. The molecule has 33 heavy (non-hydrogen) atoms. The van der Waals surface area contributed by atoms with Gasteiger partial charge >= 0.3 is 0 Å². The topological polar surface area (TPSA) is 138 Å². The number of amides is 3. The molecule has 4 rings (SSSR count). The summed E-state index contributed by atoms with van der Waals surface area (Å²) in [4.78, 5) is 49.3. The van der Waals surface area contributed by atoms with Crippen molar-refractivity contribution < 1.29 is 27.7 Å². The van der Waals surface area contributed by atoms with Gasteiger partial charge in [-0.15, -0.1) is 0 Å². The van der Waals surface area contributed by atoms with Crippen molar-refractivity contribution in [2.75, 3.05) is 31.1 Å². The number of carbonyl (C=O) groups is 3. The van der Waals surface area contributed by atoms with Gasteiger partial charge in [0.05, 0.1) is 15.5 Å². The molecule has 0 bridgehead atoms. The fourth-order valence-corrected chi connectivity index (χ4v) is 5.24. The molecule has 12 heteroatoms. The van der Waals surface area contributed by atoms with Gasteiger partial charge in [0.15, 0.2) is 0 Å². The quantitative estimate of drug-likeness (QED) is 0.364. The highest BCUT2D eigenvalue weighted by Crippen LogP contribution is 2.24. The van der Waals surface area contributed by atoms with Crippen LogP contribution in [0.25, 0.3) is 0 Å². The zero-order chi connectivity index (χ0) is 23.8. The summed E-state index contributed by atoms with van der Waals surface area (Å²) in [7, 11) is -3.84. The van der Waals surface area contributed by atoms with Crippen LogP contribution in [0.5, 0.6) is 0 Å². The average Bonchev–Trinajstić information content (AvgIpc) is 3.16. The normalized spacial score (nSPS) is 17.5. The summed E-state index contributed by atoms with van der Waals surface area (Å²) in [6, 6.07) is 10.8. The minimum atomic E-state index is -3.84. The van der Waals surface area contributed by atoms with Crippen molar-refractivity contribution in [3.05, 3.63) is 64.2 Å². The molecule has 0 N–H and O–H groups in total. The summed E-state index contributed by atoms with van der Waals surface area (Å²) in [5, 5.41) is 10.8. The molecule has 0 spiro atoms.